The lowest BCUT2D eigenvalue weighted by atomic mass is 10.1. The number of ether oxygens (including phenoxy) is 2. The maximum atomic E-state index is 12.4. The summed E-state index contributed by atoms with van der Waals surface area (Å²) in [7, 11) is 2.38. The van der Waals surface area contributed by atoms with E-state index < -0.39 is 11.9 Å². The fraction of sp³-hybridized carbons (Fsp3) is 0.105. The van der Waals surface area contributed by atoms with Crippen molar-refractivity contribution < 1.29 is 23.9 Å². The molecule has 0 saturated heterocycles. The molecule has 0 aliphatic carbocycles. The van der Waals surface area contributed by atoms with Crippen LogP contribution >= 0.6 is 11.6 Å². The van der Waals surface area contributed by atoms with Gasteiger partial charge in [0.05, 0.1) is 20.3 Å². The van der Waals surface area contributed by atoms with Gasteiger partial charge in [-0.1, -0.05) is 17.7 Å². The molecule has 0 unspecified atom stereocenters. The summed E-state index contributed by atoms with van der Waals surface area (Å²) in [5.74, 6) is -1.83. The molecule has 0 spiro atoms. The van der Waals surface area contributed by atoms with Crippen molar-refractivity contribution in [2.24, 2.45) is 0 Å². The summed E-state index contributed by atoms with van der Waals surface area (Å²) in [6.45, 7) is 0. The lowest BCUT2D eigenvalue weighted by molar-refractivity contribution is -0.138. The Labute approximate surface area is 160 Å². The number of amides is 1. The van der Waals surface area contributed by atoms with Crippen LogP contribution in [0.5, 0.6) is 0 Å². The minimum atomic E-state index is -0.753. The molecular weight excluding hydrogens is 372 g/mol. The van der Waals surface area contributed by atoms with Gasteiger partial charge in [0.1, 0.15) is 5.70 Å². The van der Waals surface area contributed by atoms with Crippen LogP contribution in [0.2, 0.25) is 5.02 Å². The van der Waals surface area contributed by atoms with Crippen LogP contribution in [-0.2, 0) is 19.1 Å². The Morgan fingerprint density at radius 1 is 0.926 bits per heavy atom. The largest absolute Gasteiger partial charge is 0.466 e. The first-order chi connectivity index (χ1) is 12.9. The van der Waals surface area contributed by atoms with Gasteiger partial charge in [0.15, 0.2) is 0 Å². The molecule has 8 heteroatoms. The lowest BCUT2D eigenvalue weighted by Gasteiger charge is -2.11. The number of hydrogen-bond acceptors (Lipinski definition) is 6. The summed E-state index contributed by atoms with van der Waals surface area (Å²) in [6.07, 6.45) is 0.965. The number of rotatable bonds is 6. The molecule has 0 radical (unpaired) electrons. The van der Waals surface area contributed by atoms with Crippen molar-refractivity contribution >= 4 is 40.8 Å². The third-order valence-corrected chi connectivity index (χ3v) is 3.63. The molecule has 0 aliphatic rings. The lowest BCUT2D eigenvalue weighted by Crippen LogP contribution is -2.16. The Morgan fingerprint density at radius 2 is 1.63 bits per heavy atom. The van der Waals surface area contributed by atoms with Crippen LogP contribution in [0, 0.1) is 0 Å². The third kappa shape index (κ3) is 5.86. The van der Waals surface area contributed by atoms with E-state index in [1.165, 1.54) is 20.3 Å². The predicted octanol–water partition coefficient (Wildman–Crippen LogP) is 3.23. The van der Waals surface area contributed by atoms with Crippen LogP contribution < -0.4 is 10.6 Å². The molecule has 0 saturated carbocycles. The van der Waals surface area contributed by atoms with Gasteiger partial charge < -0.3 is 20.1 Å². The minimum Gasteiger partial charge on any atom is -0.466 e. The van der Waals surface area contributed by atoms with Crippen molar-refractivity contribution in [3.8, 4) is 0 Å². The zero-order valence-electron chi connectivity index (χ0n) is 14.6. The average molecular weight is 389 g/mol. The summed E-state index contributed by atoms with van der Waals surface area (Å²) in [6, 6.07) is 13.1. The van der Waals surface area contributed by atoms with Crippen molar-refractivity contribution in [2.75, 3.05) is 24.9 Å². The van der Waals surface area contributed by atoms with E-state index in [9.17, 15) is 14.4 Å². The van der Waals surface area contributed by atoms with Crippen LogP contribution in [0.1, 0.15) is 10.4 Å². The van der Waals surface area contributed by atoms with Gasteiger partial charge in [-0.2, -0.15) is 0 Å². The quantitative estimate of drug-likeness (QED) is 0.583. The smallest absolute Gasteiger partial charge is 0.354 e. The van der Waals surface area contributed by atoms with Crippen molar-refractivity contribution in [3.05, 3.63) is 70.9 Å². The Morgan fingerprint density at radius 3 is 2.26 bits per heavy atom. The van der Waals surface area contributed by atoms with Crippen LogP contribution in [-0.4, -0.2) is 32.1 Å². The third-order valence-electron chi connectivity index (χ3n) is 3.37. The SMILES string of the molecule is COC(=O)/C=C(/Nc1cccc(C(=O)Nc2ccc(Cl)cc2)c1)C(=O)OC. The molecule has 2 N–H and O–H groups in total. The average Bonchev–Trinajstić information content (AvgIpc) is 2.68. The highest BCUT2D eigenvalue weighted by Crippen LogP contribution is 2.17. The number of nitrogens with one attached hydrogen (secondary N) is 2. The molecule has 1 amide bonds. The van der Waals surface area contributed by atoms with Gasteiger partial charge >= 0.3 is 11.9 Å². The number of carbonyl (C=O) groups excluding carboxylic acids is 3. The standard InChI is InChI=1S/C19H17ClN2O5/c1-26-17(23)11-16(19(25)27-2)21-15-5-3-4-12(10-15)18(24)22-14-8-6-13(20)7-9-14/h3-11,21H,1-2H3,(H,22,24)/b16-11+. The highest BCUT2D eigenvalue weighted by molar-refractivity contribution is 6.30. The van der Waals surface area contributed by atoms with Crippen molar-refractivity contribution in [3.63, 3.8) is 0 Å². The van der Waals surface area contributed by atoms with Gasteiger partial charge in [0.2, 0.25) is 0 Å². The highest BCUT2D eigenvalue weighted by Gasteiger charge is 2.14. The first-order valence-electron chi connectivity index (χ1n) is 7.75. The molecule has 0 atom stereocenters. The first-order valence-corrected chi connectivity index (χ1v) is 8.12. The van der Waals surface area contributed by atoms with Crippen LogP contribution in [0.4, 0.5) is 11.4 Å². The second-order valence-corrected chi connectivity index (χ2v) is 5.68. The molecule has 7 nitrogen and oxygen atoms in total. The molecule has 2 aromatic carbocycles. The van der Waals surface area contributed by atoms with E-state index in [1.807, 2.05) is 0 Å². The number of anilines is 2. The number of methoxy groups -OCH3 is 2. The van der Waals surface area contributed by atoms with Crippen LogP contribution in [0.15, 0.2) is 60.3 Å². The van der Waals surface area contributed by atoms with E-state index in [-0.39, 0.29) is 11.6 Å². The Kier molecular flexibility index (Phi) is 6.96. The first kappa shape index (κ1) is 20.0. The summed E-state index contributed by atoms with van der Waals surface area (Å²) < 4.78 is 9.14. The van der Waals surface area contributed by atoms with Crippen molar-refractivity contribution in [1.82, 2.24) is 0 Å². The van der Waals surface area contributed by atoms with Gasteiger partial charge in [-0.3, -0.25) is 4.79 Å². The van der Waals surface area contributed by atoms with Gasteiger partial charge in [0.25, 0.3) is 5.91 Å². The number of halogens is 1. The molecule has 140 valence electrons. The second kappa shape index (κ2) is 9.40. The van der Waals surface area contributed by atoms with Crippen molar-refractivity contribution in [2.45, 2.75) is 0 Å². The topological polar surface area (TPSA) is 93.7 Å². The molecule has 0 heterocycles. The zero-order valence-corrected chi connectivity index (χ0v) is 15.4. The summed E-state index contributed by atoms with van der Waals surface area (Å²) in [5, 5.41) is 6.05. The van der Waals surface area contributed by atoms with E-state index in [0.717, 1.165) is 6.08 Å². The van der Waals surface area contributed by atoms with E-state index in [4.69, 9.17) is 11.6 Å². The van der Waals surface area contributed by atoms with E-state index in [2.05, 4.69) is 20.1 Å². The van der Waals surface area contributed by atoms with Crippen molar-refractivity contribution in [1.29, 1.82) is 0 Å². The molecule has 0 aliphatic heterocycles. The number of carbonyl (C=O) groups is 3. The normalized spacial score (nSPS) is 10.7. The fourth-order valence-corrected chi connectivity index (χ4v) is 2.19. The van der Waals surface area contributed by atoms with E-state index >= 15 is 0 Å². The molecule has 0 fully saturated rings. The van der Waals surface area contributed by atoms with Gasteiger partial charge in [0, 0.05) is 22.0 Å². The molecule has 27 heavy (non-hydrogen) atoms. The van der Waals surface area contributed by atoms with Gasteiger partial charge in [-0.05, 0) is 42.5 Å². The second-order valence-electron chi connectivity index (χ2n) is 5.24. The molecule has 2 rings (SSSR count). The summed E-state index contributed by atoms with van der Waals surface area (Å²) in [4.78, 5) is 35.6. The fourth-order valence-electron chi connectivity index (χ4n) is 2.06. The molecule has 0 bridgehead atoms. The number of hydrogen-bond donors (Lipinski definition) is 2. The number of benzene rings is 2. The predicted molar refractivity (Wildman–Crippen MR) is 102 cm³/mol. The maximum absolute atomic E-state index is 12.4. The molecular formula is C19H17ClN2O5. The molecule has 2 aromatic rings. The van der Waals surface area contributed by atoms with Gasteiger partial charge in [-0.15, -0.1) is 0 Å². The van der Waals surface area contributed by atoms with E-state index in [0.29, 0.717) is 22.0 Å². The Bertz CT molecular complexity index is 878. The van der Waals surface area contributed by atoms with E-state index in [1.54, 1.807) is 42.5 Å². The summed E-state index contributed by atoms with van der Waals surface area (Å²) in [5.41, 5.74) is 1.22. The highest BCUT2D eigenvalue weighted by atomic mass is 35.5. The zero-order chi connectivity index (χ0) is 19.8. The maximum Gasteiger partial charge on any atom is 0.354 e. The minimum absolute atomic E-state index is 0.125. The number of esters is 2. The Hall–Kier alpha value is -3.32. The Balaban J connectivity index is 2.18. The van der Waals surface area contributed by atoms with Crippen LogP contribution in [0.3, 0.4) is 0 Å². The van der Waals surface area contributed by atoms with Gasteiger partial charge in [-0.25, -0.2) is 9.59 Å². The molecule has 0 aromatic heterocycles. The van der Waals surface area contributed by atoms with Crippen LogP contribution in [0.25, 0.3) is 0 Å². The summed E-state index contributed by atoms with van der Waals surface area (Å²) >= 11 is 5.82. The monoisotopic (exact) mass is 388 g/mol.